The molecule has 1 aliphatic rings. The summed E-state index contributed by atoms with van der Waals surface area (Å²) in [5, 5.41) is 12.2. The van der Waals surface area contributed by atoms with Crippen LogP contribution in [-0.4, -0.2) is 30.2 Å². The number of carbonyl (C=O) groups is 1. The number of hydrogen-bond donors (Lipinski definition) is 3. The lowest BCUT2D eigenvalue weighted by Gasteiger charge is -2.30. The molecule has 0 spiro atoms. The molecule has 4 heteroatoms. The number of rotatable bonds is 3. The predicted octanol–water partition coefficient (Wildman–Crippen LogP) is -0.779. The van der Waals surface area contributed by atoms with E-state index in [0.29, 0.717) is 12.7 Å². The molecule has 0 bridgehead atoms. The van der Waals surface area contributed by atoms with E-state index in [1.807, 2.05) is 0 Å². The molecule has 70 valence electrons. The van der Waals surface area contributed by atoms with Crippen LogP contribution < -0.4 is 11.1 Å². The number of nitrogens with two attached hydrogens (primary N) is 1. The molecule has 4 nitrogen and oxygen atoms in total. The average molecular weight is 172 g/mol. The molecule has 1 rings (SSSR count). The Bertz CT molecular complexity index is 152. The number of carbonyl (C=O) groups excluding carboxylic acids is 1. The first-order chi connectivity index (χ1) is 5.74. The van der Waals surface area contributed by atoms with Crippen molar-refractivity contribution < 1.29 is 9.90 Å². The van der Waals surface area contributed by atoms with Crippen molar-refractivity contribution in [2.45, 2.75) is 31.5 Å². The van der Waals surface area contributed by atoms with Crippen LogP contribution >= 0.6 is 0 Å². The van der Waals surface area contributed by atoms with E-state index >= 15 is 0 Å². The summed E-state index contributed by atoms with van der Waals surface area (Å²) in [5.41, 5.74) is 5.74. The minimum Gasteiger partial charge on any atom is -0.386 e. The fraction of sp³-hybridized carbons (Fsp3) is 0.875. The quantitative estimate of drug-likeness (QED) is 0.488. The molecule has 0 saturated carbocycles. The fourth-order valence-corrected chi connectivity index (χ4v) is 1.61. The average Bonchev–Trinajstić information content (AvgIpc) is 2.09. The van der Waals surface area contributed by atoms with Crippen LogP contribution in [0.15, 0.2) is 0 Å². The lowest BCUT2D eigenvalue weighted by molar-refractivity contribution is -0.115. The zero-order valence-corrected chi connectivity index (χ0v) is 7.07. The first-order valence-electron chi connectivity index (χ1n) is 4.36. The third-order valence-corrected chi connectivity index (χ3v) is 2.34. The molecular weight excluding hydrogens is 156 g/mol. The van der Waals surface area contributed by atoms with E-state index in [0.717, 1.165) is 19.4 Å². The van der Waals surface area contributed by atoms with Gasteiger partial charge in [0.2, 0.25) is 0 Å². The zero-order valence-electron chi connectivity index (χ0n) is 7.07. The van der Waals surface area contributed by atoms with Gasteiger partial charge in [-0.25, -0.2) is 0 Å². The second kappa shape index (κ2) is 4.54. The minimum atomic E-state index is -0.846. The maximum Gasteiger partial charge on any atom is 0.148 e. The molecule has 0 amide bonds. The standard InChI is InChI=1S/C8H16N2O2/c9-8-6(2-1-3-10-8)4-7(12)5-11/h5-8,10,12H,1-4,9H2. The van der Waals surface area contributed by atoms with Gasteiger partial charge in [-0.1, -0.05) is 0 Å². The lowest BCUT2D eigenvalue weighted by Crippen LogP contribution is -2.48. The summed E-state index contributed by atoms with van der Waals surface area (Å²) >= 11 is 0. The van der Waals surface area contributed by atoms with Gasteiger partial charge in [-0.15, -0.1) is 0 Å². The number of hydrogen-bond acceptors (Lipinski definition) is 4. The van der Waals surface area contributed by atoms with E-state index in [9.17, 15) is 4.79 Å². The number of aldehydes is 1. The number of piperidine rings is 1. The van der Waals surface area contributed by atoms with Crippen molar-refractivity contribution in [3.05, 3.63) is 0 Å². The van der Waals surface area contributed by atoms with Crippen LogP contribution in [0.1, 0.15) is 19.3 Å². The van der Waals surface area contributed by atoms with Crippen molar-refractivity contribution in [3.63, 3.8) is 0 Å². The number of aliphatic hydroxyl groups is 1. The molecule has 1 aliphatic heterocycles. The Labute approximate surface area is 72.1 Å². The summed E-state index contributed by atoms with van der Waals surface area (Å²) < 4.78 is 0. The SMILES string of the molecule is NC1NCCCC1CC(O)C=O. The van der Waals surface area contributed by atoms with Gasteiger partial charge in [0.1, 0.15) is 12.4 Å². The predicted molar refractivity (Wildman–Crippen MR) is 45.4 cm³/mol. The third-order valence-electron chi connectivity index (χ3n) is 2.34. The van der Waals surface area contributed by atoms with Crippen LogP contribution in [0.25, 0.3) is 0 Å². The van der Waals surface area contributed by atoms with Gasteiger partial charge in [0.15, 0.2) is 0 Å². The highest BCUT2D eigenvalue weighted by Crippen LogP contribution is 2.18. The highest BCUT2D eigenvalue weighted by Gasteiger charge is 2.23. The minimum absolute atomic E-state index is 0.0617. The Morgan fingerprint density at radius 1 is 1.75 bits per heavy atom. The molecule has 3 atom stereocenters. The largest absolute Gasteiger partial charge is 0.386 e. The molecule has 0 aromatic carbocycles. The number of nitrogens with one attached hydrogen (secondary N) is 1. The van der Waals surface area contributed by atoms with Crippen molar-refractivity contribution >= 4 is 6.29 Å². The monoisotopic (exact) mass is 172 g/mol. The molecule has 1 heterocycles. The van der Waals surface area contributed by atoms with Gasteiger partial charge in [0.05, 0.1) is 6.17 Å². The summed E-state index contributed by atoms with van der Waals surface area (Å²) in [5.74, 6) is 0.235. The Morgan fingerprint density at radius 3 is 3.08 bits per heavy atom. The Kier molecular flexibility index (Phi) is 3.65. The van der Waals surface area contributed by atoms with E-state index in [4.69, 9.17) is 10.8 Å². The first kappa shape index (κ1) is 9.64. The highest BCUT2D eigenvalue weighted by molar-refractivity contribution is 5.55. The van der Waals surface area contributed by atoms with Gasteiger partial charge in [0.25, 0.3) is 0 Å². The first-order valence-corrected chi connectivity index (χ1v) is 4.36. The maximum absolute atomic E-state index is 10.2. The van der Waals surface area contributed by atoms with Gasteiger partial charge < -0.3 is 21.0 Å². The fourth-order valence-electron chi connectivity index (χ4n) is 1.61. The molecular formula is C8H16N2O2. The summed E-state index contributed by atoms with van der Waals surface area (Å²) in [6, 6.07) is 0. The van der Waals surface area contributed by atoms with Gasteiger partial charge >= 0.3 is 0 Å². The Hall–Kier alpha value is -0.450. The smallest absolute Gasteiger partial charge is 0.148 e. The van der Waals surface area contributed by atoms with E-state index in [1.54, 1.807) is 0 Å². The second-order valence-corrected chi connectivity index (χ2v) is 3.32. The summed E-state index contributed by atoms with van der Waals surface area (Å²) in [7, 11) is 0. The lowest BCUT2D eigenvalue weighted by atomic mass is 9.91. The van der Waals surface area contributed by atoms with Crippen molar-refractivity contribution in [2.24, 2.45) is 11.7 Å². The van der Waals surface area contributed by atoms with Crippen molar-refractivity contribution in [2.75, 3.05) is 6.54 Å². The summed E-state index contributed by atoms with van der Waals surface area (Å²) in [6.45, 7) is 0.939. The van der Waals surface area contributed by atoms with Crippen LogP contribution in [0.5, 0.6) is 0 Å². The van der Waals surface area contributed by atoms with E-state index < -0.39 is 6.10 Å². The van der Waals surface area contributed by atoms with Crippen LogP contribution in [0.3, 0.4) is 0 Å². The van der Waals surface area contributed by atoms with Gasteiger partial charge in [0, 0.05) is 0 Å². The van der Waals surface area contributed by atoms with Gasteiger partial charge in [-0.3, -0.25) is 0 Å². The summed E-state index contributed by atoms with van der Waals surface area (Å²) in [4.78, 5) is 10.2. The molecule has 1 fully saturated rings. The normalized spacial score (nSPS) is 32.8. The van der Waals surface area contributed by atoms with E-state index in [-0.39, 0.29) is 12.1 Å². The topological polar surface area (TPSA) is 75.3 Å². The summed E-state index contributed by atoms with van der Waals surface area (Å²) in [6.07, 6.45) is 2.22. The Morgan fingerprint density at radius 2 is 2.50 bits per heavy atom. The van der Waals surface area contributed by atoms with Crippen LogP contribution in [0, 0.1) is 5.92 Å². The van der Waals surface area contributed by atoms with Crippen LogP contribution in [0.2, 0.25) is 0 Å². The Balaban J connectivity index is 2.33. The van der Waals surface area contributed by atoms with Crippen molar-refractivity contribution in [1.82, 2.24) is 5.32 Å². The molecule has 0 aromatic heterocycles. The molecule has 0 aliphatic carbocycles. The molecule has 3 unspecified atom stereocenters. The second-order valence-electron chi connectivity index (χ2n) is 3.32. The molecule has 1 saturated heterocycles. The van der Waals surface area contributed by atoms with Crippen LogP contribution in [0.4, 0.5) is 0 Å². The van der Waals surface area contributed by atoms with Crippen LogP contribution in [-0.2, 0) is 4.79 Å². The molecule has 12 heavy (non-hydrogen) atoms. The van der Waals surface area contributed by atoms with E-state index in [1.165, 1.54) is 0 Å². The van der Waals surface area contributed by atoms with Gasteiger partial charge in [-0.2, -0.15) is 0 Å². The van der Waals surface area contributed by atoms with Crippen molar-refractivity contribution in [3.8, 4) is 0 Å². The molecule has 0 radical (unpaired) electrons. The molecule has 4 N–H and O–H groups in total. The zero-order chi connectivity index (χ0) is 8.97. The molecule has 0 aromatic rings. The van der Waals surface area contributed by atoms with Gasteiger partial charge in [-0.05, 0) is 31.7 Å². The third kappa shape index (κ3) is 2.55. The number of aliphatic hydroxyl groups excluding tert-OH is 1. The van der Waals surface area contributed by atoms with Crippen molar-refractivity contribution in [1.29, 1.82) is 0 Å². The maximum atomic E-state index is 10.2. The highest BCUT2D eigenvalue weighted by atomic mass is 16.3. The van der Waals surface area contributed by atoms with E-state index in [2.05, 4.69) is 5.32 Å².